The molecule has 2 aliphatic carbocycles. The summed E-state index contributed by atoms with van der Waals surface area (Å²) in [7, 11) is 0. The van der Waals surface area contributed by atoms with Gasteiger partial charge in [0, 0.05) is 33.7 Å². The number of nitrogens with zero attached hydrogens (tertiary/aromatic N) is 2. The van der Waals surface area contributed by atoms with Gasteiger partial charge < -0.3 is 9.80 Å². The third-order valence-electron chi connectivity index (χ3n) is 9.22. The zero-order valence-corrected chi connectivity index (χ0v) is 25.8. The molecule has 0 fully saturated rings. The number of hydrogen-bond acceptors (Lipinski definition) is 2. The van der Waals surface area contributed by atoms with Gasteiger partial charge in [0.1, 0.15) is 0 Å². The Bertz CT molecular complexity index is 2070. The average molecular weight is 593 g/mol. The van der Waals surface area contributed by atoms with E-state index in [0.717, 1.165) is 30.6 Å². The van der Waals surface area contributed by atoms with Crippen LogP contribution in [0.25, 0.3) is 22.4 Å². The first-order chi connectivity index (χ1) is 22.8. The minimum absolute atomic E-state index is 0.210. The summed E-state index contributed by atoms with van der Waals surface area (Å²) >= 11 is 0. The average Bonchev–Trinajstić information content (AvgIpc) is 3.14. The lowest BCUT2D eigenvalue weighted by molar-refractivity contribution is 0.789. The number of fused-ring (bicyclic) bond motifs is 2. The van der Waals surface area contributed by atoms with Crippen LogP contribution in [0, 0.1) is 0 Å². The van der Waals surface area contributed by atoms with Crippen LogP contribution in [0.3, 0.4) is 0 Å². The van der Waals surface area contributed by atoms with Gasteiger partial charge in [-0.05, 0) is 89.9 Å². The smallest absolute Gasteiger partial charge is 0.0560 e. The summed E-state index contributed by atoms with van der Waals surface area (Å²) in [6, 6.07) is 52.8. The van der Waals surface area contributed by atoms with Gasteiger partial charge in [-0.15, -0.1) is 0 Å². The Kier molecular flexibility index (Phi) is 7.54. The first-order valence-corrected chi connectivity index (χ1v) is 16.3. The Morgan fingerprint density at radius 2 is 1.22 bits per heavy atom. The Morgan fingerprint density at radius 1 is 0.543 bits per heavy atom. The van der Waals surface area contributed by atoms with Crippen molar-refractivity contribution in [2.24, 2.45) is 0 Å². The van der Waals surface area contributed by atoms with E-state index in [9.17, 15) is 0 Å². The Labute approximate surface area is 271 Å². The van der Waals surface area contributed by atoms with Gasteiger partial charge in [0.15, 0.2) is 0 Å². The zero-order valence-electron chi connectivity index (χ0n) is 25.8. The molecule has 0 spiro atoms. The first-order valence-electron chi connectivity index (χ1n) is 16.3. The summed E-state index contributed by atoms with van der Waals surface area (Å²) in [6.45, 7) is 0. The van der Waals surface area contributed by atoms with Crippen molar-refractivity contribution in [3.05, 3.63) is 187 Å². The van der Waals surface area contributed by atoms with Crippen molar-refractivity contribution in [3.63, 3.8) is 0 Å². The summed E-state index contributed by atoms with van der Waals surface area (Å²) < 4.78 is 0. The van der Waals surface area contributed by atoms with E-state index >= 15 is 0 Å². The fourth-order valence-corrected chi connectivity index (χ4v) is 6.98. The standard InChI is InChI=1S/C44H36N2/c1-3-17-37(18-4-1)45(43-23-11-15-35-13-7-9-21-41(35)43)39-29-25-33(26-30-39)34-27-31-40(32-28-34)46(38-19-5-2-6-20-38)44-24-12-16-36-14-8-10-22-42(36)44/h1-7,9-13,15-29,31-32,39H,8,14,30H2. The quantitative estimate of drug-likeness (QED) is 0.182. The highest BCUT2D eigenvalue weighted by molar-refractivity contribution is 5.96. The predicted octanol–water partition coefficient (Wildman–Crippen LogP) is 11.8. The highest BCUT2D eigenvalue weighted by atomic mass is 15.2. The summed E-state index contributed by atoms with van der Waals surface area (Å²) in [5.74, 6) is 0. The SMILES string of the molecule is C1=Cc2c(cccc2N(c2ccccc2)c2ccc(C3=CCC(N(c4ccccc4)c4cccc5ccccc45)C=C3)cc2)CC1. The molecule has 0 amide bonds. The minimum atomic E-state index is 0.210. The maximum atomic E-state index is 2.49. The van der Waals surface area contributed by atoms with E-state index in [0.29, 0.717) is 0 Å². The molecule has 0 aliphatic heterocycles. The Hall–Kier alpha value is -5.60. The molecule has 0 radical (unpaired) electrons. The second-order valence-electron chi connectivity index (χ2n) is 12.0. The second kappa shape index (κ2) is 12.4. The number of allylic oxidation sites excluding steroid dienone is 3. The van der Waals surface area contributed by atoms with Crippen molar-refractivity contribution < 1.29 is 0 Å². The third kappa shape index (κ3) is 5.33. The molecule has 1 atom stereocenters. The fourth-order valence-electron chi connectivity index (χ4n) is 6.98. The Balaban J connectivity index is 1.10. The van der Waals surface area contributed by atoms with E-state index in [2.05, 4.69) is 186 Å². The highest BCUT2D eigenvalue weighted by Gasteiger charge is 2.23. The predicted molar refractivity (Wildman–Crippen MR) is 197 cm³/mol. The van der Waals surface area contributed by atoms with Crippen molar-refractivity contribution in [3.8, 4) is 0 Å². The van der Waals surface area contributed by atoms with Gasteiger partial charge in [-0.25, -0.2) is 0 Å². The van der Waals surface area contributed by atoms with E-state index in [1.165, 1.54) is 50.1 Å². The van der Waals surface area contributed by atoms with Crippen molar-refractivity contribution in [2.45, 2.75) is 25.3 Å². The van der Waals surface area contributed by atoms with Gasteiger partial charge in [-0.1, -0.05) is 127 Å². The number of anilines is 5. The molecule has 6 aromatic carbocycles. The fraction of sp³-hybridized carbons (Fsp3) is 0.0909. The van der Waals surface area contributed by atoms with E-state index in [1.807, 2.05) is 0 Å². The Morgan fingerprint density at radius 3 is 2.00 bits per heavy atom. The molecule has 222 valence electrons. The molecule has 46 heavy (non-hydrogen) atoms. The molecular formula is C44H36N2. The van der Waals surface area contributed by atoms with Crippen LogP contribution in [-0.2, 0) is 6.42 Å². The number of hydrogen-bond donors (Lipinski definition) is 0. The third-order valence-corrected chi connectivity index (χ3v) is 9.22. The van der Waals surface area contributed by atoms with Crippen LogP contribution in [0.2, 0.25) is 0 Å². The van der Waals surface area contributed by atoms with Crippen molar-refractivity contribution in [1.29, 1.82) is 0 Å². The molecule has 2 nitrogen and oxygen atoms in total. The molecule has 2 aliphatic rings. The van der Waals surface area contributed by atoms with Crippen LogP contribution < -0.4 is 9.80 Å². The molecule has 0 bridgehead atoms. The van der Waals surface area contributed by atoms with E-state index in [1.54, 1.807) is 0 Å². The molecule has 0 heterocycles. The lowest BCUT2D eigenvalue weighted by atomic mass is 9.94. The summed E-state index contributed by atoms with van der Waals surface area (Å²) in [5.41, 5.74) is 11.2. The molecular weight excluding hydrogens is 556 g/mol. The van der Waals surface area contributed by atoms with Crippen LogP contribution in [0.1, 0.15) is 29.5 Å². The van der Waals surface area contributed by atoms with Crippen LogP contribution in [0.15, 0.2) is 170 Å². The monoisotopic (exact) mass is 592 g/mol. The normalized spacial score (nSPS) is 15.3. The van der Waals surface area contributed by atoms with E-state index in [4.69, 9.17) is 0 Å². The van der Waals surface area contributed by atoms with Crippen LogP contribution in [0.4, 0.5) is 28.4 Å². The second-order valence-corrected chi connectivity index (χ2v) is 12.0. The molecule has 2 heteroatoms. The van der Waals surface area contributed by atoms with Gasteiger partial charge in [0.2, 0.25) is 0 Å². The van der Waals surface area contributed by atoms with E-state index in [-0.39, 0.29) is 6.04 Å². The number of aryl methyl sites for hydroxylation is 1. The zero-order chi connectivity index (χ0) is 30.7. The molecule has 6 aromatic rings. The molecule has 1 unspecified atom stereocenters. The largest absolute Gasteiger partial charge is 0.334 e. The summed E-state index contributed by atoms with van der Waals surface area (Å²) in [5, 5.41) is 2.53. The molecule has 0 saturated heterocycles. The lowest BCUT2D eigenvalue weighted by Crippen LogP contribution is -2.30. The van der Waals surface area contributed by atoms with Crippen molar-refractivity contribution >= 4 is 50.9 Å². The van der Waals surface area contributed by atoms with Gasteiger partial charge in [-0.3, -0.25) is 0 Å². The molecule has 0 saturated carbocycles. The van der Waals surface area contributed by atoms with Gasteiger partial charge >= 0.3 is 0 Å². The van der Waals surface area contributed by atoms with Gasteiger partial charge in [0.05, 0.1) is 11.7 Å². The molecule has 0 N–H and O–H groups in total. The molecule has 0 aromatic heterocycles. The summed E-state index contributed by atoms with van der Waals surface area (Å²) in [4.78, 5) is 4.88. The van der Waals surface area contributed by atoms with Crippen molar-refractivity contribution in [2.75, 3.05) is 9.80 Å². The van der Waals surface area contributed by atoms with Crippen LogP contribution in [-0.4, -0.2) is 6.04 Å². The first kappa shape index (κ1) is 27.9. The van der Waals surface area contributed by atoms with E-state index < -0.39 is 0 Å². The summed E-state index contributed by atoms with van der Waals surface area (Å²) in [6.07, 6.45) is 14.8. The number of para-hydroxylation sites is 2. The van der Waals surface area contributed by atoms with Crippen LogP contribution in [0.5, 0.6) is 0 Å². The number of rotatable bonds is 7. The maximum Gasteiger partial charge on any atom is 0.0560 e. The minimum Gasteiger partial charge on any atom is -0.334 e. The number of benzene rings is 6. The molecule has 8 rings (SSSR count). The maximum absolute atomic E-state index is 2.49. The lowest BCUT2D eigenvalue weighted by Gasteiger charge is -2.34. The highest BCUT2D eigenvalue weighted by Crippen LogP contribution is 2.41. The van der Waals surface area contributed by atoms with Gasteiger partial charge in [-0.2, -0.15) is 0 Å². The van der Waals surface area contributed by atoms with Gasteiger partial charge in [0.25, 0.3) is 0 Å². The van der Waals surface area contributed by atoms with Crippen LogP contribution >= 0.6 is 0 Å². The van der Waals surface area contributed by atoms with Crippen molar-refractivity contribution in [1.82, 2.24) is 0 Å². The topological polar surface area (TPSA) is 6.48 Å².